The van der Waals surface area contributed by atoms with Crippen LogP contribution in [-0.4, -0.2) is 19.1 Å². The molecule has 1 fully saturated rings. The number of hydrogen-bond donors (Lipinski definition) is 2. The van der Waals surface area contributed by atoms with Crippen LogP contribution in [-0.2, 0) is 0 Å². The Morgan fingerprint density at radius 3 is 2.12 bits per heavy atom. The van der Waals surface area contributed by atoms with Crippen LogP contribution in [0.3, 0.4) is 0 Å². The van der Waals surface area contributed by atoms with Crippen molar-refractivity contribution in [2.45, 2.75) is 71.3 Å². The van der Waals surface area contributed by atoms with E-state index in [1.54, 1.807) is 0 Å². The van der Waals surface area contributed by atoms with Crippen molar-refractivity contribution in [2.24, 2.45) is 17.6 Å². The van der Waals surface area contributed by atoms with Crippen LogP contribution in [0.2, 0.25) is 0 Å². The van der Waals surface area contributed by atoms with Gasteiger partial charge in [-0.25, -0.2) is 0 Å². The van der Waals surface area contributed by atoms with Crippen molar-refractivity contribution < 1.29 is 0 Å². The predicted octanol–water partition coefficient (Wildman–Crippen LogP) is 3.31. The maximum absolute atomic E-state index is 5.96. The quantitative estimate of drug-likeness (QED) is 0.670. The van der Waals surface area contributed by atoms with Crippen molar-refractivity contribution >= 4 is 0 Å². The van der Waals surface area contributed by atoms with Crippen molar-refractivity contribution in [1.82, 2.24) is 5.32 Å². The third kappa shape index (κ3) is 5.39. The SMILES string of the molecule is CCC(CC)CNC(CN)C1CCCCCC1. The fourth-order valence-corrected chi connectivity index (χ4v) is 3.05. The molecule has 1 unspecified atom stereocenters. The Labute approximate surface area is 108 Å². The molecule has 0 radical (unpaired) electrons. The Morgan fingerprint density at radius 2 is 1.65 bits per heavy atom. The Kier molecular flexibility index (Phi) is 7.87. The molecule has 0 bridgehead atoms. The van der Waals surface area contributed by atoms with Gasteiger partial charge in [0.15, 0.2) is 0 Å². The molecule has 0 amide bonds. The van der Waals surface area contributed by atoms with Crippen molar-refractivity contribution in [3.63, 3.8) is 0 Å². The molecule has 2 heteroatoms. The molecule has 3 N–H and O–H groups in total. The summed E-state index contributed by atoms with van der Waals surface area (Å²) in [6.45, 7) is 6.55. The average molecular weight is 240 g/mol. The molecule has 0 aromatic rings. The summed E-state index contributed by atoms with van der Waals surface area (Å²) in [4.78, 5) is 0. The van der Waals surface area contributed by atoms with E-state index >= 15 is 0 Å². The van der Waals surface area contributed by atoms with Crippen molar-refractivity contribution in [2.75, 3.05) is 13.1 Å². The first-order valence-corrected chi connectivity index (χ1v) is 7.75. The summed E-state index contributed by atoms with van der Waals surface area (Å²) >= 11 is 0. The third-order valence-corrected chi connectivity index (χ3v) is 4.55. The van der Waals surface area contributed by atoms with Crippen molar-refractivity contribution in [3.8, 4) is 0 Å². The first-order valence-electron chi connectivity index (χ1n) is 7.75. The minimum absolute atomic E-state index is 0.564. The van der Waals surface area contributed by atoms with E-state index in [4.69, 9.17) is 5.73 Å². The van der Waals surface area contributed by atoms with Gasteiger partial charge in [-0.1, -0.05) is 52.4 Å². The molecular formula is C15H32N2. The molecule has 0 aromatic heterocycles. The monoisotopic (exact) mass is 240 g/mol. The number of nitrogens with two attached hydrogens (primary N) is 1. The zero-order valence-corrected chi connectivity index (χ0v) is 11.9. The maximum Gasteiger partial charge on any atom is 0.0218 e. The van der Waals surface area contributed by atoms with E-state index < -0.39 is 0 Å². The molecule has 1 atom stereocenters. The van der Waals surface area contributed by atoms with Gasteiger partial charge < -0.3 is 11.1 Å². The minimum atomic E-state index is 0.564. The molecule has 0 heterocycles. The van der Waals surface area contributed by atoms with Crippen LogP contribution >= 0.6 is 0 Å². The lowest BCUT2D eigenvalue weighted by Crippen LogP contribution is -2.44. The molecular weight excluding hydrogens is 208 g/mol. The number of hydrogen-bond acceptors (Lipinski definition) is 2. The van der Waals surface area contributed by atoms with E-state index in [0.29, 0.717) is 6.04 Å². The molecule has 1 saturated carbocycles. The predicted molar refractivity (Wildman–Crippen MR) is 76.1 cm³/mol. The summed E-state index contributed by atoms with van der Waals surface area (Å²) in [6, 6.07) is 0.564. The number of nitrogens with one attached hydrogen (secondary N) is 1. The second-order valence-corrected chi connectivity index (χ2v) is 5.68. The zero-order valence-electron chi connectivity index (χ0n) is 11.9. The third-order valence-electron chi connectivity index (χ3n) is 4.55. The van der Waals surface area contributed by atoms with E-state index in [-0.39, 0.29) is 0 Å². The largest absolute Gasteiger partial charge is 0.329 e. The summed E-state index contributed by atoms with van der Waals surface area (Å²) in [6.07, 6.45) is 11.0. The van der Waals surface area contributed by atoms with Gasteiger partial charge in [-0.15, -0.1) is 0 Å². The summed E-state index contributed by atoms with van der Waals surface area (Å²) in [5.41, 5.74) is 5.96. The van der Waals surface area contributed by atoms with Crippen LogP contribution in [0, 0.1) is 11.8 Å². The van der Waals surface area contributed by atoms with Crippen LogP contribution in [0.5, 0.6) is 0 Å². The van der Waals surface area contributed by atoms with Gasteiger partial charge >= 0.3 is 0 Å². The normalized spacial score (nSPS) is 20.5. The lowest BCUT2D eigenvalue weighted by molar-refractivity contribution is 0.302. The van der Waals surface area contributed by atoms with E-state index in [1.165, 1.54) is 51.4 Å². The molecule has 1 rings (SSSR count). The minimum Gasteiger partial charge on any atom is -0.329 e. The molecule has 1 aliphatic carbocycles. The van der Waals surface area contributed by atoms with Crippen LogP contribution < -0.4 is 11.1 Å². The molecule has 0 aliphatic heterocycles. The lowest BCUT2D eigenvalue weighted by atomic mass is 9.91. The van der Waals surface area contributed by atoms with Crippen LogP contribution in [0.1, 0.15) is 65.2 Å². The number of rotatable bonds is 7. The fraction of sp³-hybridized carbons (Fsp3) is 1.00. The van der Waals surface area contributed by atoms with Gasteiger partial charge in [0.25, 0.3) is 0 Å². The smallest absolute Gasteiger partial charge is 0.0218 e. The molecule has 1 aliphatic rings. The van der Waals surface area contributed by atoms with Crippen molar-refractivity contribution in [1.29, 1.82) is 0 Å². The molecule has 102 valence electrons. The second-order valence-electron chi connectivity index (χ2n) is 5.68. The van der Waals surface area contributed by atoms with Gasteiger partial charge in [0.2, 0.25) is 0 Å². The highest BCUT2D eigenvalue weighted by atomic mass is 14.9. The molecule has 0 aromatic carbocycles. The first kappa shape index (κ1) is 15.0. The lowest BCUT2D eigenvalue weighted by Gasteiger charge is -2.28. The van der Waals surface area contributed by atoms with E-state index in [1.807, 2.05) is 0 Å². The fourth-order valence-electron chi connectivity index (χ4n) is 3.05. The summed E-state index contributed by atoms with van der Waals surface area (Å²) < 4.78 is 0. The van der Waals surface area contributed by atoms with Gasteiger partial charge in [-0.2, -0.15) is 0 Å². The van der Waals surface area contributed by atoms with E-state index in [0.717, 1.165) is 24.9 Å². The molecule has 2 nitrogen and oxygen atoms in total. The van der Waals surface area contributed by atoms with Gasteiger partial charge in [0.1, 0.15) is 0 Å². The summed E-state index contributed by atoms with van der Waals surface area (Å²) in [5.74, 6) is 1.66. The Balaban J connectivity index is 2.35. The highest BCUT2D eigenvalue weighted by Gasteiger charge is 2.21. The summed E-state index contributed by atoms with van der Waals surface area (Å²) in [7, 11) is 0. The highest BCUT2D eigenvalue weighted by Crippen LogP contribution is 2.25. The molecule has 17 heavy (non-hydrogen) atoms. The topological polar surface area (TPSA) is 38.0 Å². The standard InChI is InChI=1S/C15H32N2/c1-3-13(4-2)12-17-15(11-16)14-9-7-5-6-8-10-14/h13-15,17H,3-12,16H2,1-2H3. The average Bonchev–Trinajstić information content (AvgIpc) is 2.64. The maximum atomic E-state index is 5.96. The molecule has 0 spiro atoms. The summed E-state index contributed by atoms with van der Waals surface area (Å²) in [5, 5.41) is 3.74. The van der Waals surface area contributed by atoms with Crippen molar-refractivity contribution in [3.05, 3.63) is 0 Å². The van der Waals surface area contributed by atoms with Gasteiger partial charge in [0.05, 0.1) is 0 Å². The zero-order chi connectivity index (χ0) is 12.5. The Bertz CT molecular complexity index is 170. The van der Waals surface area contributed by atoms with Crippen LogP contribution in [0.4, 0.5) is 0 Å². The van der Waals surface area contributed by atoms with Gasteiger partial charge in [-0.05, 0) is 31.2 Å². The Morgan fingerprint density at radius 1 is 1.06 bits per heavy atom. The van der Waals surface area contributed by atoms with Crippen LogP contribution in [0.25, 0.3) is 0 Å². The van der Waals surface area contributed by atoms with Gasteiger partial charge in [0, 0.05) is 12.6 Å². The first-order chi connectivity index (χ1) is 8.31. The highest BCUT2D eigenvalue weighted by molar-refractivity contribution is 4.80. The van der Waals surface area contributed by atoms with Crippen LogP contribution in [0.15, 0.2) is 0 Å². The molecule has 0 saturated heterocycles. The second kappa shape index (κ2) is 8.93. The Hall–Kier alpha value is -0.0800. The van der Waals surface area contributed by atoms with E-state index in [2.05, 4.69) is 19.2 Å². The van der Waals surface area contributed by atoms with E-state index in [9.17, 15) is 0 Å². The van der Waals surface area contributed by atoms with Gasteiger partial charge in [-0.3, -0.25) is 0 Å².